The van der Waals surface area contributed by atoms with Crippen LogP contribution in [-0.2, 0) is 21.4 Å². The molecular formula is C22H24N4O4. The molecule has 30 heavy (non-hydrogen) atoms. The summed E-state index contributed by atoms with van der Waals surface area (Å²) in [4.78, 5) is 52.4. The molecule has 3 aliphatic rings. The van der Waals surface area contributed by atoms with Gasteiger partial charge in [-0.05, 0) is 50.2 Å². The SMILES string of the molecule is Cc1c(NC(=O)CN2C(=O)[C@@H]3[C@H]4CC[C@@H](C4)[C@@H]3C2=O)c(=O)n(-c2ccccc2)n1C. The smallest absolute Gasteiger partial charge is 0.295 e. The number of carbonyl (C=O) groups excluding carboxylic acids is 3. The van der Waals surface area contributed by atoms with Crippen molar-refractivity contribution in [1.29, 1.82) is 0 Å². The molecule has 5 rings (SSSR count). The Balaban J connectivity index is 1.36. The van der Waals surface area contributed by atoms with Gasteiger partial charge in [-0.15, -0.1) is 0 Å². The van der Waals surface area contributed by atoms with Crippen LogP contribution in [0.3, 0.4) is 0 Å². The van der Waals surface area contributed by atoms with Gasteiger partial charge in [0.1, 0.15) is 12.2 Å². The molecule has 0 radical (unpaired) electrons. The van der Waals surface area contributed by atoms with Crippen molar-refractivity contribution in [3.63, 3.8) is 0 Å². The fraction of sp³-hybridized carbons (Fsp3) is 0.455. The Bertz CT molecular complexity index is 1090. The van der Waals surface area contributed by atoms with Crippen LogP contribution in [0.5, 0.6) is 0 Å². The van der Waals surface area contributed by atoms with Crippen molar-refractivity contribution < 1.29 is 14.4 Å². The quantitative estimate of drug-likeness (QED) is 0.775. The van der Waals surface area contributed by atoms with Crippen LogP contribution >= 0.6 is 0 Å². The van der Waals surface area contributed by atoms with E-state index in [9.17, 15) is 19.2 Å². The molecule has 2 saturated carbocycles. The third kappa shape index (κ3) is 2.59. The van der Waals surface area contributed by atoms with Crippen LogP contribution < -0.4 is 10.9 Å². The van der Waals surface area contributed by atoms with Crippen LogP contribution in [0.1, 0.15) is 25.0 Å². The minimum atomic E-state index is -0.532. The number of likely N-dealkylation sites (tertiary alicyclic amines) is 1. The Kier molecular flexibility index (Phi) is 4.20. The second-order valence-corrected chi connectivity index (χ2v) is 8.63. The number of imide groups is 1. The van der Waals surface area contributed by atoms with Crippen LogP contribution in [0.25, 0.3) is 5.69 Å². The fourth-order valence-corrected chi connectivity index (χ4v) is 5.66. The Hall–Kier alpha value is -3.16. The van der Waals surface area contributed by atoms with E-state index in [1.165, 1.54) is 4.68 Å². The van der Waals surface area contributed by atoms with Gasteiger partial charge in [0.05, 0.1) is 23.2 Å². The van der Waals surface area contributed by atoms with Crippen molar-refractivity contribution in [2.24, 2.45) is 30.7 Å². The summed E-state index contributed by atoms with van der Waals surface area (Å²) < 4.78 is 3.14. The van der Waals surface area contributed by atoms with Crippen molar-refractivity contribution >= 4 is 23.4 Å². The van der Waals surface area contributed by atoms with Crippen LogP contribution in [0, 0.1) is 30.6 Å². The van der Waals surface area contributed by atoms with Crippen molar-refractivity contribution in [2.45, 2.75) is 26.2 Å². The first-order chi connectivity index (χ1) is 14.4. The van der Waals surface area contributed by atoms with Gasteiger partial charge in [0, 0.05) is 7.05 Å². The molecule has 8 nitrogen and oxygen atoms in total. The van der Waals surface area contributed by atoms with Crippen LogP contribution in [0.4, 0.5) is 5.69 Å². The summed E-state index contributed by atoms with van der Waals surface area (Å²) >= 11 is 0. The van der Waals surface area contributed by atoms with Crippen molar-refractivity contribution in [1.82, 2.24) is 14.3 Å². The van der Waals surface area contributed by atoms with Gasteiger partial charge in [0.2, 0.25) is 17.7 Å². The summed E-state index contributed by atoms with van der Waals surface area (Å²) in [7, 11) is 1.74. The van der Waals surface area contributed by atoms with Gasteiger partial charge in [0.15, 0.2) is 0 Å². The second-order valence-electron chi connectivity index (χ2n) is 8.63. The molecule has 3 amide bonds. The number of amides is 3. The lowest BCUT2D eigenvalue weighted by Crippen LogP contribution is -2.39. The lowest BCUT2D eigenvalue weighted by atomic mass is 9.81. The number of fused-ring (bicyclic) bond motifs is 5. The van der Waals surface area contributed by atoms with E-state index < -0.39 is 5.91 Å². The lowest BCUT2D eigenvalue weighted by molar-refractivity contribution is -0.143. The monoisotopic (exact) mass is 408 g/mol. The zero-order valence-electron chi connectivity index (χ0n) is 17.0. The highest BCUT2D eigenvalue weighted by molar-refractivity contribution is 6.09. The first-order valence-corrected chi connectivity index (χ1v) is 10.4. The molecule has 2 aromatic rings. The Morgan fingerprint density at radius 1 is 1.03 bits per heavy atom. The average Bonchev–Trinajstić information content (AvgIpc) is 3.46. The summed E-state index contributed by atoms with van der Waals surface area (Å²) in [6.07, 6.45) is 2.94. The zero-order chi connectivity index (χ0) is 21.2. The third-order valence-electron chi connectivity index (χ3n) is 7.14. The fourth-order valence-electron chi connectivity index (χ4n) is 5.66. The second kappa shape index (κ2) is 6.68. The first-order valence-electron chi connectivity index (χ1n) is 10.4. The number of rotatable bonds is 4. The molecule has 1 N–H and O–H groups in total. The highest BCUT2D eigenvalue weighted by Gasteiger charge is 2.60. The predicted octanol–water partition coefficient (Wildman–Crippen LogP) is 1.45. The Labute approximate surface area is 173 Å². The van der Waals surface area contributed by atoms with Gasteiger partial charge in [-0.25, -0.2) is 4.68 Å². The maximum atomic E-state index is 12.9. The van der Waals surface area contributed by atoms with Gasteiger partial charge in [-0.3, -0.25) is 28.8 Å². The van der Waals surface area contributed by atoms with Crippen LogP contribution in [-0.4, -0.2) is 38.5 Å². The molecule has 2 aliphatic carbocycles. The molecular weight excluding hydrogens is 384 g/mol. The molecule has 3 fully saturated rings. The molecule has 1 aromatic carbocycles. The molecule has 2 bridgehead atoms. The topological polar surface area (TPSA) is 93.4 Å². The largest absolute Gasteiger partial charge is 0.318 e. The molecule has 8 heteroatoms. The maximum absolute atomic E-state index is 12.9. The van der Waals surface area contributed by atoms with Crippen molar-refractivity contribution in [2.75, 3.05) is 11.9 Å². The van der Waals surface area contributed by atoms with Gasteiger partial charge < -0.3 is 5.32 Å². The molecule has 2 heterocycles. The van der Waals surface area contributed by atoms with E-state index in [1.807, 2.05) is 18.2 Å². The van der Waals surface area contributed by atoms with Crippen molar-refractivity contribution in [3.8, 4) is 5.69 Å². The van der Waals surface area contributed by atoms with Gasteiger partial charge in [-0.1, -0.05) is 18.2 Å². The first kappa shape index (κ1) is 18.8. The van der Waals surface area contributed by atoms with E-state index >= 15 is 0 Å². The molecule has 1 aromatic heterocycles. The zero-order valence-corrected chi connectivity index (χ0v) is 17.0. The summed E-state index contributed by atoms with van der Waals surface area (Å²) in [6, 6.07) is 9.13. The standard InChI is InChI=1S/C22H24N4O4/c1-12-19(22(30)26(24(12)2)15-6-4-3-5-7-15)23-16(27)11-25-20(28)17-13-8-9-14(10-13)18(17)21(25)29/h3-7,13-14,17-18H,8-11H2,1-2H3,(H,23,27)/t13-,14-,17-,18+/m0/s1. The number of carbonyl (C=O) groups is 3. The number of anilines is 1. The highest BCUT2D eigenvalue weighted by Crippen LogP contribution is 2.56. The van der Waals surface area contributed by atoms with Crippen LogP contribution in [0.15, 0.2) is 35.1 Å². The minimum Gasteiger partial charge on any atom is -0.318 e. The predicted molar refractivity (Wildman–Crippen MR) is 109 cm³/mol. The number of hydrogen-bond acceptors (Lipinski definition) is 4. The summed E-state index contributed by atoms with van der Waals surface area (Å²) in [5.74, 6) is -0.929. The molecule has 4 atom stereocenters. The van der Waals surface area contributed by atoms with E-state index in [-0.39, 0.29) is 53.3 Å². The van der Waals surface area contributed by atoms with E-state index in [0.29, 0.717) is 11.4 Å². The number of para-hydroxylation sites is 1. The van der Waals surface area contributed by atoms with E-state index in [0.717, 1.165) is 24.2 Å². The molecule has 1 saturated heterocycles. The Morgan fingerprint density at radius 3 is 2.23 bits per heavy atom. The Morgan fingerprint density at radius 2 is 1.63 bits per heavy atom. The lowest BCUT2D eigenvalue weighted by Gasteiger charge is -2.19. The number of aromatic nitrogens is 2. The summed E-state index contributed by atoms with van der Waals surface area (Å²) in [6.45, 7) is 1.40. The van der Waals surface area contributed by atoms with Crippen molar-refractivity contribution in [3.05, 3.63) is 46.4 Å². The van der Waals surface area contributed by atoms with E-state index in [4.69, 9.17) is 0 Å². The average molecular weight is 408 g/mol. The van der Waals surface area contributed by atoms with Gasteiger partial charge in [-0.2, -0.15) is 0 Å². The van der Waals surface area contributed by atoms with E-state index in [2.05, 4.69) is 5.32 Å². The number of nitrogens with one attached hydrogen (secondary N) is 1. The molecule has 0 spiro atoms. The molecule has 1 aliphatic heterocycles. The third-order valence-corrected chi connectivity index (χ3v) is 7.14. The number of hydrogen-bond donors (Lipinski definition) is 1. The van der Waals surface area contributed by atoms with Gasteiger partial charge >= 0.3 is 0 Å². The summed E-state index contributed by atoms with van der Waals surface area (Å²) in [5, 5.41) is 2.64. The van der Waals surface area contributed by atoms with E-state index in [1.54, 1.807) is 30.8 Å². The van der Waals surface area contributed by atoms with Gasteiger partial charge in [0.25, 0.3) is 5.56 Å². The van der Waals surface area contributed by atoms with Crippen LogP contribution in [0.2, 0.25) is 0 Å². The number of nitrogens with zero attached hydrogens (tertiary/aromatic N) is 3. The normalized spacial score (nSPS) is 27.1. The molecule has 0 unspecified atom stereocenters. The summed E-state index contributed by atoms with van der Waals surface area (Å²) in [5.41, 5.74) is 1.07. The highest BCUT2D eigenvalue weighted by atomic mass is 16.2. The minimum absolute atomic E-state index is 0.158. The maximum Gasteiger partial charge on any atom is 0.295 e. The number of benzene rings is 1. The molecule has 156 valence electrons.